The zero-order valence-corrected chi connectivity index (χ0v) is 9.63. The number of alkyl halides is 3. The molecule has 1 aromatic carbocycles. The lowest BCUT2D eigenvalue weighted by molar-refractivity contribution is -0.138. The van der Waals surface area contributed by atoms with Crippen molar-refractivity contribution in [3.05, 3.63) is 45.8 Å². The molecule has 0 aliphatic rings. The second-order valence-corrected chi connectivity index (χ2v) is 3.85. The van der Waals surface area contributed by atoms with E-state index >= 15 is 0 Å². The predicted molar refractivity (Wildman–Crippen MR) is 60.3 cm³/mol. The van der Waals surface area contributed by atoms with Crippen LogP contribution in [-0.2, 0) is 11.2 Å². The van der Waals surface area contributed by atoms with Crippen LogP contribution in [0.2, 0.25) is 0 Å². The summed E-state index contributed by atoms with van der Waals surface area (Å²) in [6.07, 6.45) is -5.92. The summed E-state index contributed by atoms with van der Waals surface area (Å²) >= 11 is 0. The van der Waals surface area contributed by atoms with Gasteiger partial charge in [0, 0.05) is 4.91 Å². The summed E-state index contributed by atoms with van der Waals surface area (Å²) in [7, 11) is 0. The molecule has 0 bridgehead atoms. The average Bonchev–Trinajstić information content (AvgIpc) is 2.27. The highest BCUT2D eigenvalue weighted by Crippen LogP contribution is 2.32. The minimum Gasteiger partial charge on any atom is -0.481 e. The van der Waals surface area contributed by atoms with Gasteiger partial charge in [0.15, 0.2) is 0 Å². The number of aliphatic carboxylic acids is 1. The van der Waals surface area contributed by atoms with Crippen LogP contribution < -0.4 is 0 Å². The van der Waals surface area contributed by atoms with Crippen molar-refractivity contribution in [3.63, 3.8) is 0 Å². The van der Waals surface area contributed by atoms with E-state index in [-0.39, 0.29) is 12.0 Å². The van der Waals surface area contributed by atoms with Gasteiger partial charge in [0.2, 0.25) is 0 Å². The molecule has 0 saturated heterocycles. The van der Waals surface area contributed by atoms with Crippen LogP contribution in [0.3, 0.4) is 0 Å². The van der Waals surface area contributed by atoms with Gasteiger partial charge in [-0.05, 0) is 16.7 Å². The van der Waals surface area contributed by atoms with E-state index in [2.05, 4.69) is 10.0 Å². The third kappa shape index (κ3) is 5.31. The highest BCUT2D eigenvalue weighted by Gasteiger charge is 2.32. The van der Waals surface area contributed by atoms with E-state index in [4.69, 9.17) is 10.6 Å². The number of nitrogens with zero attached hydrogens (tertiary/aromatic N) is 3. The maximum Gasteiger partial charge on any atom is 0.389 e. The molecule has 0 spiro atoms. The lowest BCUT2D eigenvalue weighted by Gasteiger charge is -2.14. The van der Waals surface area contributed by atoms with E-state index in [1.807, 2.05) is 0 Å². The largest absolute Gasteiger partial charge is 0.481 e. The first kappa shape index (κ1) is 14.8. The van der Waals surface area contributed by atoms with Crippen molar-refractivity contribution >= 4 is 5.97 Å². The van der Waals surface area contributed by atoms with Crippen molar-refractivity contribution in [3.8, 4) is 0 Å². The van der Waals surface area contributed by atoms with Gasteiger partial charge in [-0.15, -0.1) is 0 Å². The van der Waals surface area contributed by atoms with E-state index in [1.165, 1.54) is 24.3 Å². The molecule has 19 heavy (non-hydrogen) atoms. The second-order valence-electron chi connectivity index (χ2n) is 3.85. The fourth-order valence-electron chi connectivity index (χ4n) is 1.54. The van der Waals surface area contributed by atoms with Crippen LogP contribution in [-0.4, -0.2) is 17.3 Å². The summed E-state index contributed by atoms with van der Waals surface area (Å²) in [5.74, 6) is -1.03. The molecule has 1 rings (SSSR count). The monoisotopic (exact) mass is 273 g/mol. The molecule has 0 heterocycles. The smallest absolute Gasteiger partial charge is 0.389 e. The van der Waals surface area contributed by atoms with Gasteiger partial charge in [0.25, 0.3) is 0 Å². The van der Waals surface area contributed by atoms with Crippen LogP contribution in [0, 0.1) is 0 Å². The fraction of sp³-hybridized carbons (Fsp3) is 0.364. The molecule has 0 aliphatic heterocycles. The Balaban J connectivity index is 2.91. The minimum absolute atomic E-state index is 0.198. The zero-order valence-electron chi connectivity index (χ0n) is 9.63. The summed E-state index contributed by atoms with van der Waals surface area (Å²) in [5.41, 5.74) is 8.94. The molecular formula is C11H10F3N3O2. The van der Waals surface area contributed by atoms with Crippen molar-refractivity contribution in [2.24, 2.45) is 5.11 Å². The Labute approximate surface area is 106 Å². The molecule has 0 radical (unpaired) electrons. The van der Waals surface area contributed by atoms with Crippen molar-refractivity contribution in [1.29, 1.82) is 0 Å². The number of carboxylic acid groups (broad SMARTS) is 1. The Morgan fingerprint density at radius 1 is 1.37 bits per heavy atom. The molecule has 1 N–H and O–H groups in total. The van der Waals surface area contributed by atoms with Crippen LogP contribution in [0.25, 0.3) is 10.4 Å². The van der Waals surface area contributed by atoms with Crippen LogP contribution >= 0.6 is 0 Å². The molecule has 0 amide bonds. The van der Waals surface area contributed by atoms with Crippen LogP contribution in [0.1, 0.15) is 23.6 Å². The van der Waals surface area contributed by atoms with E-state index in [0.717, 1.165) is 0 Å². The average molecular weight is 273 g/mol. The van der Waals surface area contributed by atoms with Crippen LogP contribution in [0.5, 0.6) is 0 Å². The first-order chi connectivity index (χ1) is 8.81. The quantitative estimate of drug-likeness (QED) is 0.504. The topological polar surface area (TPSA) is 86.1 Å². The number of halogens is 3. The molecule has 0 aliphatic carbocycles. The number of hydrogen-bond donors (Lipinski definition) is 1. The standard InChI is InChI=1S/C11H10F3N3O2/c12-11(13,14)6-9(16-17-15)8-3-1-7(2-4-8)5-10(18)19/h1-4,9H,5-6H2,(H,18,19). The molecule has 8 heteroatoms. The summed E-state index contributed by atoms with van der Waals surface area (Å²) in [4.78, 5) is 12.9. The fourth-order valence-corrected chi connectivity index (χ4v) is 1.54. The van der Waals surface area contributed by atoms with Gasteiger partial charge in [0.1, 0.15) is 0 Å². The number of carboxylic acids is 1. The zero-order chi connectivity index (χ0) is 14.5. The Hall–Kier alpha value is -2.21. The van der Waals surface area contributed by atoms with Crippen molar-refractivity contribution in [2.45, 2.75) is 25.1 Å². The molecule has 0 fully saturated rings. The highest BCUT2D eigenvalue weighted by atomic mass is 19.4. The Kier molecular flexibility index (Phi) is 4.77. The van der Waals surface area contributed by atoms with Crippen molar-refractivity contribution in [2.75, 3.05) is 0 Å². The van der Waals surface area contributed by atoms with E-state index in [9.17, 15) is 18.0 Å². The number of rotatable bonds is 5. The van der Waals surface area contributed by atoms with E-state index in [1.54, 1.807) is 0 Å². The second kappa shape index (κ2) is 6.10. The van der Waals surface area contributed by atoms with Gasteiger partial charge >= 0.3 is 12.1 Å². The van der Waals surface area contributed by atoms with Gasteiger partial charge in [-0.1, -0.05) is 29.4 Å². The maximum atomic E-state index is 12.3. The first-order valence-corrected chi connectivity index (χ1v) is 5.23. The SMILES string of the molecule is [N-]=[N+]=NC(CC(F)(F)F)c1ccc(CC(=O)O)cc1. The van der Waals surface area contributed by atoms with Gasteiger partial charge in [-0.3, -0.25) is 4.79 Å². The van der Waals surface area contributed by atoms with Crippen LogP contribution in [0.15, 0.2) is 29.4 Å². The molecule has 0 saturated carbocycles. The molecule has 102 valence electrons. The van der Waals surface area contributed by atoms with Crippen LogP contribution in [0.4, 0.5) is 13.2 Å². The number of azide groups is 1. The molecule has 1 unspecified atom stereocenters. The number of hydrogen-bond acceptors (Lipinski definition) is 2. The predicted octanol–water partition coefficient (Wildman–Crippen LogP) is 3.62. The van der Waals surface area contributed by atoms with Gasteiger partial charge in [-0.2, -0.15) is 13.2 Å². The third-order valence-corrected chi connectivity index (χ3v) is 2.34. The maximum absolute atomic E-state index is 12.3. The summed E-state index contributed by atoms with van der Waals surface area (Å²) < 4.78 is 36.9. The molecule has 1 aromatic rings. The van der Waals surface area contributed by atoms with Crippen molar-refractivity contribution in [1.82, 2.24) is 0 Å². The Morgan fingerprint density at radius 2 is 1.95 bits per heavy atom. The van der Waals surface area contributed by atoms with E-state index in [0.29, 0.717) is 5.56 Å². The molecular weight excluding hydrogens is 263 g/mol. The lowest BCUT2D eigenvalue weighted by Crippen LogP contribution is -2.12. The highest BCUT2D eigenvalue weighted by molar-refractivity contribution is 5.70. The Bertz CT molecular complexity index is 493. The minimum atomic E-state index is -4.45. The molecule has 0 aromatic heterocycles. The van der Waals surface area contributed by atoms with Gasteiger partial charge in [-0.25, -0.2) is 0 Å². The van der Waals surface area contributed by atoms with Gasteiger partial charge in [0.05, 0.1) is 18.9 Å². The summed E-state index contributed by atoms with van der Waals surface area (Å²) in [6, 6.07) is 4.13. The van der Waals surface area contributed by atoms with Gasteiger partial charge < -0.3 is 5.11 Å². The first-order valence-electron chi connectivity index (χ1n) is 5.23. The number of benzene rings is 1. The lowest BCUT2D eigenvalue weighted by atomic mass is 10.0. The molecule has 5 nitrogen and oxygen atoms in total. The normalized spacial score (nSPS) is 12.6. The summed E-state index contributed by atoms with van der Waals surface area (Å²) in [5, 5.41) is 11.7. The third-order valence-electron chi connectivity index (χ3n) is 2.34. The summed E-state index contributed by atoms with van der Waals surface area (Å²) in [6.45, 7) is 0. The van der Waals surface area contributed by atoms with Crippen molar-refractivity contribution < 1.29 is 23.1 Å². The number of carbonyl (C=O) groups is 1. The molecule has 1 atom stereocenters. The Morgan fingerprint density at radius 3 is 2.37 bits per heavy atom. The van der Waals surface area contributed by atoms with E-state index < -0.39 is 24.6 Å².